The van der Waals surface area contributed by atoms with Crippen LogP contribution in [0.2, 0.25) is 5.15 Å². The summed E-state index contributed by atoms with van der Waals surface area (Å²) in [6.07, 6.45) is 5.03. The first-order valence-corrected chi connectivity index (χ1v) is 8.32. The lowest BCUT2D eigenvalue weighted by molar-refractivity contribution is -0.134. The molecule has 1 amide bonds. The smallest absolute Gasteiger partial charge is 0.223 e. The Kier molecular flexibility index (Phi) is 4.66. The Morgan fingerprint density at radius 2 is 2.00 bits per heavy atom. The van der Waals surface area contributed by atoms with E-state index in [-0.39, 0.29) is 5.95 Å². The SMILES string of the molecule is Nc1nc(Cl)cc(N2CCC(CN3CCCCC3=O)CC2)n1. The molecule has 2 N–H and O–H groups in total. The zero-order valence-electron chi connectivity index (χ0n) is 12.7. The van der Waals surface area contributed by atoms with Crippen LogP contribution in [0, 0.1) is 5.92 Å². The number of nitrogens with two attached hydrogens (primary N) is 1. The van der Waals surface area contributed by atoms with Crippen LogP contribution in [0.5, 0.6) is 0 Å². The van der Waals surface area contributed by atoms with Crippen LogP contribution >= 0.6 is 11.6 Å². The molecule has 6 nitrogen and oxygen atoms in total. The Balaban J connectivity index is 1.54. The van der Waals surface area contributed by atoms with E-state index in [1.165, 1.54) is 0 Å². The van der Waals surface area contributed by atoms with Crippen LogP contribution in [0.25, 0.3) is 0 Å². The van der Waals surface area contributed by atoms with Gasteiger partial charge in [-0.15, -0.1) is 0 Å². The van der Waals surface area contributed by atoms with E-state index in [9.17, 15) is 4.79 Å². The second-order valence-electron chi connectivity index (χ2n) is 6.13. The minimum Gasteiger partial charge on any atom is -0.368 e. The number of amides is 1. The summed E-state index contributed by atoms with van der Waals surface area (Å²) in [5, 5.41) is 0.378. The maximum atomic E-state index is 11.9. The third kappa shape index (κ3) is 3.61. The molecule has 0 unspecified atom stereocenters. The molecule has 2 aliphatic heterocycles. The highest BCUT2D eigenvalue weighted by Crippen LogP contribution is 2.25. The second kappa shape index (κ2) is 6.69. The summed E-state index contributed by atoms with van der Waals surface area (Å²) in [6, 6.07) is 1.76. The van der Waals surface area contributed by atoms with E-state index in [0.717, 1.165) is 64.1 Å². The van der Waals surface area contributed by atoms with Crippen LogP contribution in [0.15, 0.2) is 6.07 Å². The van der Waals surface area contributed by atoms with E-state index in [0.29, 0.717) is 17.0 Å². The van der Waals surface area contributed by atoms with Gasteiger partial charge < -0.3 is 15.5 Å². The number of likely N-dealkylation sites (tertiary alicyclic amines) is 1. The number of rotatable bonds is 3. The molecule has 2 saturated heterocycles. The zero-order valence-corrected chi connectivity index (χ0v) is 13.4. The standard InChI is InChI=1S/C15H22ClN5O/c16-12-9-13(19-15(17)18-12)20-7-4-11(5-8-20)10-21-6-2-1-3-14(21)22/h9,11H,1-8,10H2,(H2,17,18,19). The summed E-state index contributed by atoms with van der Waals surface area (Å²) in [6.45, 7) is 3.66. The minimum absolute atomic E-state index is 0.212. The Bertz CT molecular complexity index is 524. The molecular formula is C15H22ClN5O. The monoisotopic (exact) mass is 323 g/mol. The molecule has 0 saturated carbocycles. The number of nitrogen functional groups attached to an aromatic ring is 1. The number of nitrogens with zero attached hydrogens (tertiary/aromatic N) is 4. The molecule has 3 rings (SSSR count). The van der Waals surface area contributed by atoms with Crippen molar-refractivity contribution in [3.05, 3.63) is 11.2 Å². The molecule has 3 heterocycles. The molecule has 0 spiro atoms. The van der Waals surface area contributed by atoms with Crippen molar-refractivity contribution in [3.8, 4) is 0 Å². The minimum atomic E-state index is 0.212. The van der Waals surface area contributed by atoms with Crippen molar-refractivity contribution >= 4 is 29.3 Å². The van der Waals surface area contributed by atoms with Crippen LogP contribution < -0.4 is 10.6 Å². The van der Waals surface area contributed by atoms with Crippen molar-refractivity contribution < 1.29 is 4.79 Å². The second-order valence-corrected chi connectivity index (χ2v) is 6.52. The van der Waals surface area contributed by atoms with Gasteiger partial charge in [-0.1, -0.05) is 11.6 Å². The summed E-state index contributed by atoms with van der Waals surface area (Å²) in [5.41, 5.74) is 5.65. The lowest BCUT2D eigenvalue weighted by Gasteiger charge is -2.36. The van der Waals surface area contributed by atoms with Gasteiger partial charge in [0, 0.05) is 38.7 Å². The zero-order chi connectivity index (χ0) is 15.5. The third-order valence-electron chi connectivity index (χ3n) is 4.54. The van der Waals surface area contributed by atoms with Gasteiger partial charge in [-0.3, -0.25) is 4.79 Å². The maximum absolute atomic E-state index is 11.9. The number of carbonyl (C=O) groups is 1. The first-order chi connectivity index (χ1) is 10.6. The number of carbonyl (C=O) groups excluding carboxylic acids is 1. The Labute approximate surface area is 135 Å². The normalized spacial score (nSPS) is 20.5. The van der Waals surface area contributed by atoms with Crippen LogP contribution in [0.3, 0.4) is 0 Å². The van der Waals surface area contributed by atoms with E-state index in [1.54, 1.807) is 6.07 Å². The van der Waals surface area contributed by atoms with E-state index in [2.05, 4.69) is 14.9 Å². The number of hydrogen-bond donors (Lipinski definition) is 1. The van der Waals surface area contributed by atoms with Crippen molar-refractivity contribution in [2.45, 2.75) is 32.1 Å². The highest BCUT2D eigenvalue weighted by Gasteiger charge is 2.25. The molecule has 1 aromatic rings. The highest BCUT2D eigenvalue weighted by atomic mass is 35.5. The van der Waals surface area contributed by atoms with Gasteiger partial charge in [0.25, 0.3) is 0 Å². The summed E-state index contributed by atoms with van der Waals surface area (Å²) in [5.74, 6) is 1.91. The van der Waals surface area contributed by atoms with E-state index in [4.69, 9.17) is 17.3 Å². The number of hydrogen-bond acceptors (Lipinski definition) is 5. The molecule has 22 heavy (non-hydrogen) atoms. The topological polar surface area (TPSA) is 75.3 Å². The maximum Gasteiger partial charge on any atom is 0.223 e. The van der Waals surface area contributed by atoms with Crippen molar-refractivity contribution in [1.29, 1.82) is 0 Å². The summed E-state index contributed by atoms with van der Waals surface area (Å²) >= 11 is 5.94. The van der Waals surface area contributed by atoms with Gasteiger partial charge in [0.1, 0.15) is 11.0 Å². The predicted molar refractivity (Wildman–Crippen MR) is 86.8 cm³/mol. The first-order valence-electron chi connectivity index (χ1n) is 7.94. The van der Waals surface area contributed by atoms with Crippen molar-refractivity contribution in [2.24, 2.45) is 5.92 Å². The fraction of sp³-hybridized carbons (Fsp3) is 0.667. The summed E-state index contributed by atoms with van der Waals surface area (Å²) < 4.78 is 0. The van der Waals surface area contributed by atoms with Crippen LogP contribution in [0.4, 0.5) is 11.8 Å². The van der Waals surface area contributed by atoms with Crippen LogP contribution in [-0.2, 0) is 4.79 Å². The predicted octanol–water partition coefficient (Wildman–Crippen LogP) is 1.94. The van der Waals surface area contributed by atoms with E-state index in [1.807, 2.05) is 4.90 Å². The molecule has 0 aliphatic carbocycles. The largest absolute Gasteiger partial charge is 0.368 e. The lowest BCUT2D eigenvalue weighted by Crippen LogP contribution is -2.42. The van der Waals surface area contributed by atoms with Gasteiger partial charge >= 0.3 is 0 Å². The summed E-state index contributed by atoms with van der Waals surface area (Å²) in [4.78, 5) is 24.3. The van der Waals surface area contributed by atoms with Crippen molar-refractivity contribution in [1.82, 2.24) is 14.9 Å². The number of anilines is 2. The number of aromatic nitrogens is 2. The fourth-order valence-corrected chi connectivity index (χ4v) is 3.48. The molecule has 1 aromatic heterocycles. The third-order valence-corrected chi connectivity index (χ3v) is 4.73. The van der Waals surface area contributed by atoms with E-state index < -0.39 is 0 Å². The molecular weight excluding hydrogens is 302 g/mol. The first kappa shape index (κ1) is 15.3. The molecule has 0 radical (unpaired) electrons. The molecule has 0 aromatic carbocycles. The van der Waals surface area contributed by atoms with Gasteiger partial charge in [-0.05, 0) is 31.6 Å². The van der Waals surface area contributed by atoms with Gasteiger partial charge in [0.05, 0.1) is 0 Å². The Hall–Kier alpha value is -1.56. The molecule has 0 atom stereocenters. The quantitative estimate of drug-likeness (QED) is 0.860. The lowest BCUT2D eigenvalue weighted by atomic mass is 9.95. The highest BCUT2D eigenvalue weighted by molar-refractivity contribution is 6.29. The van der Waals surface area contributed by atoms with Gasteiger partial charge in [0.15, 0.2) is 0 Å². The van der Waals surface area contributed by atoms with Gasteiger partial charge in [-0.25, -0.2) is 4.98 Å². The summed E-state index contributed by atoms with van der Waals surface area (Å²) in [7, 11) is 0. The van der Waals surface area contributed by atoms with E-state index >= 15 is 0 Å². The fourth-order valence-electron chi connectivity index (χ4n) is 3.30. The molecule has 0 bridgehead atoms. The average Bonchev–Trinajstić information content (AvgIpc) is 2.49. The average molecular weight is 324 g/mol. The molecule has 2 aliphatic rings. The number of halogens is 1. The van der Waals surface area contributed by atoms with Gasteiger partial charge in [-0.2, -0.15) is 4.98 Å². The Morgan fingerprint density at radius 1 is 1.23 bits per heavy atom. The van der Waals surface area contributed by atoms with Crippen molar-refractivity contribution in [3.63, 3.8) is 0 Å². The molecule has 7 heteroatoms. The van der Waals surface area contributed by atoms with Crippen LogP contribution in [0.1, 0.15) is 32.1 Å². The van der Waals surface area contributed by atoms with Crippen molar-refractivity contribution in [2.75, 3.05) is 36.8 Å². The molecule has 120 valence electrons. The number of piperidine rings is 2. The van der Waals surface area contributed by atoms with Gasteiger partial charge in [0.2, 0.25) is 11.9 Å². The Morgan fingerprint density at radius 3 is 2.68 bits per heavy atom. The molecule has 2 fully saturated rings. The van der Waals surface area contributed by atoms with Crippen LogP contribution in [-0.4, -0.2) is 47.0 Å².